The predicted octanol–water partition coefficient (Wildman–Crippen LogP) is 4.48. The van der Waals surface area contributed by atoms with Crippen molar-refractivity contribution < 1.29 is 4.79 Å². The molecule has 1 unspecified atom stereocenters. The van der Waals surface area contributed by atoms with Crippen molar-refractivity contribution >= 4 is 44.8 Å². The lowest BCUT2D eigenvalue weighted by atomic mass is 10.2. The number of carbonyl (C=O) groups excluding carboxylic acids is 1. The van der Waals surface area contributed by atoms with Crippen LogP contribution in [0.3, 0.4) is 0 Å². The van der Waals surface area contributed by atoms with Crippen LogP contribution in [0.15, 0.2) is 28.9 Å². The third-order valence-electron chi connectivity index (χ3n) is 2.80. The van der Waals surface area contributed by atoms with Gasteiger partial charge >= 0.3 is 0 Å². The normalized spacial score (nSPS) is 12.4. The first-order valence-corrected chi connectivity index (χ1v) is 7.91. The molecule has 0 aliphatic carbocycles. The Balaban J connectivity index is 2.12. The number of carbonyl (C=O) groups is 1. The van der Waals surface area contributed by atoms with Gasteiger partial charge in [-0.2, -0.15) is 0 Å². The van der Waals surface area contributed by atoms with E-state index in [4.69, 9.17) is 11.6 Å². The number of nitrogens with one attached hydrogen (secondary N) is 1. The van der Waals surface area contributed by atoms with Crippen molar-refractivity contribution in [3.63, 3.8) is 0 Å². The largest absolute Gasteiger partial charge is 0.343 e. The lowest BCUT2D eigenvalue weighted by Crippen LogP contribution is -2.28. The number of aryl methyl sites for hydroxylation is 1. The molecule has 1 atom stereocenters. The summed E-state index contributed by atoms with van der Waals surface area (Å²) in [5, 5.41) is 2.99. The highest BCUT2D eigenvalue weighted by Crippen LogP contribution is 2.27. The highest BCUT2D eigenvalue weighted by molar-refractivity contribution is 9.10. The Hall–Kier alpha value is -0.780. The predicted molar refractivity (Wildman–Crippen MR) is 83.0 cm³/mol. The van der Waals surface area contributed by atoms with Gasteiger partial charge in [0.2, 0.25) is 0 Å². The SMILES string of the molecule is CCn1cc(Br)cc1C(=O)NC(C)c1ccc(Cl)s1. The Morgan fingerprint density at radius 3 is 2.89 bits per heavy atom. The molecular weight excluding hydrogens is 348 g/mol. The Morgan fingerprint density at radius 1 is 1.58 bits per heavy atom. The number of rotatable bonds is 4. The van der Waals surface area contributed by atoms with Gasteiger partial charge in [-0.3, -0.25) is 4.79 Å². The molecule has 102 valence electrons. The fourth-order valence-corrected chi connectivity index (χ4v) is 3.36. The number of hydrogen-bond donors (Lipinski definition) is 1. The van der Waals surface area contributed by atoms with Gasteiger partial charge in [0, 0.05) is 22.1 Å². The second-order valence-electron chi connectivity index (χ2n) is 4.17. The Morgan fingerprint density at radius 2 is 2.32 bits per heavy atom. The molecule has 0 saturated carbocycles. The van der Waals surface area contributed by atoms with Crippen LogP contribution in [-0.2, 0) is 6.54 Å². The summed E-state index contributed by atoms with van der Waals surface area (Å²) in [6.07, 6.45) is 1.90. The van der Waals surface area contributed by atoms with E-state index in [1.54, 1.807) is 0 Å². The van der Waals surface area contributed by atoms with Gasteiger partial charge in [-0.15, -0.1) is 11.3 Å². The van der Waals surface area contributed by atoms with E-state index in [0.717, 1.165) is 20.2 Å². The molecule has 2 heterocycles. The quantitative estimate of drug-likeness (QED) is 0.856. The second kappa shape index (κ2) is 6.11. The van der Waals surface area contributed by atoms with E-state index in [1.165, 1.54) is 11.3 Å². The first-order chi connectivity index (χ1) is 9.01. The van der Waals surface area contributed by atoms with Crippen LogP contribution in [0.2, 0.25) is 4.34 Å². The highest BCUT2D eigenvalue weighted by Gasteiger charge is 2.16. The van der Waals surface area contributed by atoms with Crippen LogP contribution in [0.4, 0.5) is 0 Å². The lowest BCUT2D eigenvalue weighted by Gasteiger charge is -2.13. The fraction of sp³-hybridized carbons (Fsp3) is 0.308. The molecule has 6 heteroatoms. The number of amides is 1. The topological polar surface area (TPSA) is 34.0 Å². The number of hydrogen-bond acceptors (Lipinski definition) is 2. The molecule has 0 radical (unpaired) electrons. The number of nitrogens with zero attached hydrogens (tertiary/aromatic N) is 1. The van der Waals surface area contributed by atoms with Crippen molar-refractivity contribution in [1.29, 1.82) is 0 Å². The number of thiophene rings is 1. The average Bonchev–Trinajstić information content (AvgIpc) is 2.95. The van der Waals surface area contributed by atoms with Crippen LogP contribution in [0, 0.1) is 0 Å². The monoisotopic (exact) mass is 360 g/mol. The van der Waals surface area contributed by atoms with Crippen LogP contribution in [0.25, 0.3) is 0 Å². The van der Waals surface area contributed by atoms with E-state index >= 15 is 0 Å². The van der Waals surface area contributed by atoms with E-state index in [1.807, 2.05) is 42.8 Å². The first kappa shape index (κ1) is 14.6. The molecule has 0 aromatic carbocycles. The van der Waals surface area contributed by atoms with Crippen molar-refractivity contribution in [3.05, 3.63) is 43.8 Å². The molecule has 1 amide bonds. The molecule has 0 bridgehead atoms. The summed E-state index contributed by atoms with van der Waals surface area (Å²) in [5.74, 6) is -0.0791. The summed E-state index contributed by atoms with van der Waals surface area (Å²) in [5.41, 5.74) is 0.656. The van der Waals surface area contributed by atoms with Gasteiger partial charge in [-0.25, -0.2) is 0 Å². The molecule has 0 fully saturated rings. The van der Waals surface area contributed by atoms with Crippen molar-refractivity contribution in [2.45, 2.75) is 26.4 Å². The van der Waals surface area contributed by atoms with E-state index in [9.17, 15) is 4.79 Å². The summed E-state index contributed by atoms with van der Waals surface area (Å²) in [4.78, 5) is 13.3. The minimum Gasteiger partial charge on any atom is -0.343 e. The lowest BCUT2D eigenvalue weighted by molar-refractivity contribution is 0.0931. The molecule has 2 aromatic rings. The zero-order valence-electron chi connectivity index (χ0n) is 10.6. The molecule has 2 rings (SSSR count). The van der Waals surface area contributed by atoms with Crippen molar-refractivity contribution in [3.8, 4) is 0 Å². The van der Waals surface area contributed by atoms with Gasteiger partial charge in [0.15, 0.2) is 0 Å². The van der Waals surface area contributed by atoms with Gasteiger partial charge in [0.25, 0.3) is 5.91 Å². The van der Waals surface area contributed by atoms with Gasteiger partial charge in [-0.1, -0.05) is 11.6 Å². The van der Waals surface area contributed by atoms with Gasteiger partial charge in [0.1, 0.15) is 5.69 Å². The summed E-state index contributed by atoms with van der Waals surface area (Å²) in [6, 6.07) is 5.55. The summed E-state index contributed by atoms with van der Waals surface area (Å²) in [7, 11) is 0. The van der Waals surface area contributed by atoms with E-state index in [-0.39, 0.29) is 11.9 Å². The van der Waals surface area contributed by atoms with Crippen LogP contribution in [0.5, 0.6) is 0 Å². The molecule has 0 aliphatic rings. The second-order valence-corrected chi connectivity index (χ2v) is 6.83. The highest BCUT2D eigenvalue weighted by atomic mass is 79.9. The van der Waals surface area contributed by atoms with Crippen LogP contribution < -0.4 is 5.32 Å². The molecule has 19 heavy (non-hydrogen) atoms. The van der Waals surface area contributed by atoms with E-state index in [2.05, 4.69) is 21.2 Å². The third kappa shape index (κ3) is 3.41. The number of aromatic nitrogens is 1. The van der Waals surface area contributed by atoms with Gasteiger partial charge in [0.05, 0.1) is 10.4 Å². The van der Waals surface area contributed by atoms with E-state index in [0.29, 0.717) is 5.69 Å². The third-order valence-corrected chi connectivity index (χ3v) is 4.65. The maximum atomic E-state index is 12.2. The van der Waals surface area contributed by atoms with Crippen LogP contribution in [0.1, 0.15) is 35.3 Å². The molecular formula is C13H14BrClN2OS. The maximum absolute atomic E-state index is 12.2. The standard InChI is InChI=1S/C13H14BrClN2OS/c1-3-17-7-9(14)6-10(17)13(18)16-8(2)11-4-5-12(15)19-11/h4-8H,3H2,1-2H3,(H,16,18). The molecule has 0 spiro atoms. The van der Waals surface area contributed by atoms with Crippen molar-refractivity contribution in [2.75, 3.05) is 0 Å². The van der Waals surface area contributed by atoms with Gasteiger partial charge < -0.3 is 9.88 Å². The molecule has 1 N–H and O–H groups in total. The Kier molecular flexibility index (Phi) is 4.71. The minimum atomic E-state index is -0.0791. The summed E-state index contributed by atoms with van der Waals surface area (Å²) in [6.45, 7) is 4.72. The average molecular weight is 362 g/mol. The fourth-order valence-electron chi connectivity index (χ4n) is 1.83. The molecule has 2 aromatic heterocycles. The van der Waals surface area contributed by atoms with E-state index < -0.39 is 0 Å². The summed E-state index contributed by atoms with van der Waals surface area (Å²) < 4.78 is 3.55. The molecule has 0 aliphatic heterocycles. The Labute approximate surface area is 129 Å². The molecule has 3 nitrogen and oxygen atoms in total. The first-order valence-electron chi connectivity index (χ1n) is 5.93. The summed E-state index contributed by atoms with van der Waals surface area (Å²) >= 11 is 10.8. The zero-order valence-corrected chi connectivity index (χ0v) is 13.8. The van der Waals surface area contributed by atoms with Crippen molar-refractivity contribution in [2.24, 2.45) is 0 Å². The maximum Gasteiger partial charge on any atom is 0.268 e. The van der Waals surface area contributed by atoms with Crippen molar-refractivity contribution in [1.82, 2.24) is 9.88 Å². The van der Waals surface area contributed by atoms with Crippen LogP contribution >= 0.6 is 38.9 Å². The van der Waals surface area contributed by atoms with Gasteiger partial charge in [-0.05, 0) is 48.0 Å². The van der Waals surface area contributed by atoms with Crippen LogP contribution in [-0.4, -0.2) is 10.5 Å². The Bertz CT molecular complexity index is 593. The smallest absolute Gasteiger partial charge is 0.268 e. The molecule has 0 saturated heterocycles. The number of halogens is 2. The minimum absolute atomic E-state index is 0.0519. The zero-order chi connectivity index (χ0) is 14.0.